The quantitative estimate of drug-likeness (QED) is 0.437. The molecule has 1 unspecified atom stereocenters. The SMILES string of the molecule is CCN1CCCCC1CNC(=NC)N(C)Cc1ccsc1.I. The second-order valence-corrected chi connectivity index (χ2v) is 6.47. The Labute approximate surface area is 156 Å². The van der Waals surface area contributed by atoms with E-state index in [1.165, 1.54) is 31.4 Å². The van der Waals surface area contributed by atoms with Gasteiger partial charge in [-0.25, -0.2) is 0 Å². The summed E-state index contributed by atoms with van der Waals surface area (Å²) in [5.41, 5.74) is 1.35. The molecule has 1 aromatic heterocycles. The minimum atomic E-state index is 0. The zero-order valence-corrected chi connectivity index (χ0v) is 17.1. The van der Waals surface area contributed by atoms with E-state index in [1.807, 2.05) is 7.05 Å². The third kappa shape index (κ3) is 5.70. The monoisotopic (exact) mass is 436 g/mol. The summed E-state index contributed by atoms with van der Waals surface area (Å²) in [6, 6.07) is 2.82. The van der Waals surface area contributed by atoms with Crippen LogP contribution in [-0.4, -0.2) is 55.5 Å². The summed E-state index contributed by atoms with van der Waals surface area (Å²) >= 11 is 1.75. The summed E-state index contributed by atoms with van der Waals surface area (Å²) in [6.07, 6.45) is 4.00. The summed E-state index contributed by atoms with van der Waals surface area (Å²) in [5.74, 6) is 0.989. The minimum absolute atomic E-state index is 0. The van der Waals surface area contributed by atoms with Crippen molar-refractivity contribution in [3.63, 3.8) is 0 Å². The first-order valence-electron chi connectivity index (χ1n) is 7.91. The lowest BCUT2D eigenvalue weighted by Gasteiger charge is -2.35. The smallest absolute Gasteiger partial charge is 0.193 e. The Morgan fingerprint density at radius 1 is 1.50 bits per heavy atom. The molecule has 0 radical (unpaired) electrons. The van der Waals surface area contributed by atoms with Crippen molar-refractivity contribution >= 4 is 41.3 Å². The molecule has 1 aliphatic heterocycles. The van der Waals surface area contributed by atoms with E-state index in [0.717, 1.165) is 25.6 Å². The van der Waals surface area contributed by atoms with E-state index < -0.39 is 0 Å². The molecule has 6 heteroatoms. The molecule has 0 aliphatic carbocycles. The summed E-state index contributed by atoms with van der Waals surface area (Å²) in [7, 11) is 3.97. The predicted octanol–water partition coefficient (Wildman–Crippen LogP) is 3.25. The maximum atomic E-state index is 4.42. The summed E-state index contributed by atoms with van der Waals surface area (Å²) in [6.45, 7) is 6.55. The summed E-state index contributed by atoms with van der Waals surface area (Å²) < 4.78 is 0. The van der Waals surface area contributed by atoms with E-state index in [1.54, 1.807) is 11.3 Å². The number of aliphatic imine (C=N–C) groups is 1. The van der Waals surface area contributed by atoms with Gasteiger partial charge in [0.15, 0.2) is 5.96 Å². The van der Waals surface area contributed by atoms with Crippen LogP contribution in [0.25, 0.3) is 0 Å². The van der Waals surface area contributed by atoms with Gasteiger partial charge in [0.1, 0.15) is 0 Å². The first kappa shape index (κ1) is 19.7. The molecule has 1 saturated heterocycles. The molecule has 0 spiro atoms. The normalized spacial score (nSPS) is 19.6. The molecule has 1 atom stereocenters. The number of halogens is 1. The van der Waals surface area contributed by atoms with E-state index in [-0.39, 0.29) is 24.0 Å². The fraction of sp³-hybridized carbons (Fsp3) is 0.688. The fourth-order valence-electron chi connectivity index (χ4n) is 3.03. The molecule has 0 saturated carbocycles. The standard InChI is InChI=1S/C16H28N4S.HI/c1-4-20-9-6-5-7-15(20)11-18-16(17-2)19(3)12-14-8-10-21-13-14;/h8,10,13,15H,4-7,9,11-12H2,1-3H3,(H,17,18);1H. The van der Waals surface area contributed by atoms with Crippen molar-refractivity contribution in [2.24, 2.45) is 4.99 Å². The van der Waals surface area contributed by atoms with Gasteiger partial charge in [-0.15, -0.1) is 24.0 Å². The summed E-state index contributed by atoms with van der Waals surface area (Å²) in [5, 5.41) is 7.88. The number of hydrogen-bond acceptors (Lipinski definition) is 3. The molecule has 1 aliphatic rings. The van der Waals surface area contributed by atoms with E-state index in [9.17, 15) is 0 Å². The number of piperidine rings is 1. The third-order valence-electron chi connectivity index (χ3n) is 4.22. The van der Waals surface area contributed by atoms with Crippen LogP contribution in [0.15, 0.2) is 21.8 Å². The number of rotatable bonds is 5. The minimum Gasteiger partial charge on any atom is -0.355 e. The lowest BCUT2D eigenvalue weighted by Crippen LogP contribution is -2.49. The van der Waals surface area contributed by atoms with Crippen LogP contribution in [0, 0.1) is 0 Å². The second kappa shape index (κ2) is 10.4. The zero-order valence-electron chi connectivity index (χ0n) is 13.9. The van der Waals surface area contributed by atoms with Gasteiger partial charge in [0.05, 0.1) is 0 Å². The van der Waals surface area contributed by atoms with Crippen LogP contribution >= 0.6 is 35.3 Å². The van der Waals surface area contributed by atoms with Gasteiger partial charge in [0.25, 0.3) is 0 Å². The van der Waals surface area contributed by atoms with Crippen molar-refractivity contribution in [3.05, 3.63) is 22.4 Å². The lowest BCUT2D eigenvalue weighted by molar-refractivity contribution is 0.156. The Kier molecular flexibility index (Phi) is 9.35. The van der Waals surface area contributed by atoms with Crippen LogP contribution in [0.4, 0.5) is 0 Å². The molecule has 2 heterocycles. The largest absolute Gasteiger partial charge is 0.355 e. The Morgan fingerprint density at radius 2 is 2.32 bits per heavy atom. The van der Waals surface area contributed by atoms with Crippen molar-refractivity contribution < 1.29 is 0 Å². The number of thiophene rings is 1. The van der Waals surface area contributed by atoms with E-state index in [2.05, 4.69) is 50.9 Å². The molecule has 4 nitrogen and oxygen atoms in total. The van der Waals surface area contributed by atoms with Crippen molar-refractivity contribution in [2.45, 2.75) is 38.8 Å². The maximum absolute atomic E-state index is 4.42. The number of nitrogens with zero attached hydrogens (tertiary/aromatic N) is 3. The van der Waals surface area contributed by atoms with E-state index in [4.69, 9.17) is 0 Å². The van der Waals surface area contributed by atoms with Gasteiger partial charge in [-0.2, -0.15) is 11.3 Å². The Hall–Kier alpha value is -0.340. The van der Waals surface area contributed by atoms with Crippen molar-refractivity contribution in [1.29, 1.82) is 0 Å². The molecule has 1 fully saturated rings. The highest BCUT2D eigenvalue weighted by atomic mass is 127. The number of hydrogen-bond donors (Lipinski definition) is 1. The van der Waals surface area contributed by atoms with Gasteiger partial charge < -0.3 is 10.2 Å². The number of likely N-dealkylation sites (tertiary alicyclic amines) is 1. The number of guanidine groups is 1. The number of likely N-dealkylation sites (N-methyl/N-ethyl adjacent to an activating group) is 1. The van der Waals surface area contributed by atoms with Crippen LogP contribution < -0.4 is 5.32 Å². The average molecular weight is 436 g/mol. The van der Waals surface area contributed by atoms with Crippen LogP contribution in [0.1, 0.15) is 31.7 Å². The molecule has 126 valence electrons. The van der Waals surface area contributed by atoms with E-state index in [0.29, 0.717) is 6.04 Å². The van der Waals surface area contributed by atoms with Crippen molar-refractivity contribution in [1.82, 2.24) is 15.1 Å². The van der Waals surface area contributed by atoms with Crippen molar-refractivity contribution in [3.8, 4) is 0 Å². The Morgan fingerprint density at radius 3 is 2.95 bits per heavy atom. The highest BCUT2D eigenvalue weighted by molar-refractivity contribution is 14.0. The van der Waals surface area contributed by atoms with Crippen LogP contribution in [0.2, 0.25) is 0 Å². The molecule has 2 rings (SSSR count). The molecular weight excluding hydrogens is 407 g/mol. The predicted molar refractivity (Wildman–Crippen MR) is 107 cm³/mol. The van der Waals surface area contributed by atoms with Gasteiger partial charge in [-0.05, 0) is 48.3 Å². The van der Waals surface area contributed by atoms with Crippen molar-refractivity contribution in [2.75, 3.05) is 33.7 Å². The van der Waals surface area contributed by atoms with Gasteiger partial charge >= 0.3 is 0 Å². The van der Waals surface area contributed by atoms with Crippen LogP contribution in [0.5, 0.6) is 0 Å². The molecule has 22 heavy (non-hydrogen) atoms. The first-order chi connectivity index (χ1) is 10.2. The van der Waals surface area contributed by atoms with Gasteiger partial charge in [0.2, 0.25) is 0 Å². The topological polar surface area (TPSA) is 30.9 Å². The van der Waals surface area contributed by atoms with Crippen LogP contribution in [0.3, 0.4) is 0 Å². The molecule has 0 bridgehead atoms. The van der Waals surface area contributed by atoms with E-state index >= 15 is 0 Å². The molecule has 0 aromatic carbocycles. The van der Waals surface area contributed by atoms with Gasteiger partial charge in [-0.1, -0.05) is 13.3 Å². The molecule has 0 amide bonds. The maximum Gasteiger partial charge on any atom is 0.193 e. The first-order valence-corrected chi connectivity index (χ1v) is 8.85. The highest BCUT2D eigenvalue weighted by Gasteiger charge is 2.21. The second-order valence-electron chi connectivity index (χ2n) is 5.69. The number of nitrogens with one attached hydrogen (secondary N) is 1. The Bertz CT molecular complexity index is 435. The average Bonchev–Trinajstić information content (AvgIpc) is 3.01. The van der Waals surface area contributed by atoms with Gasteiger partial charge in [-0.3, -0.25) is 9.89 Å². The van der Waals surface area contributed by atoms with Gasteiger partial charge in [0, 0.05) is 33.2 Å². The third-order valence-corrected chi connectivity index (χ3v) is 4.96. The highest BCUT2D eigenvalue weighted by Crippen LogP contribution is 2.16. The molecule has 1 aromatic rings. The molecular formula is C16H29IN4S. The Balaban J connectivity index is 0.00000242. The molecule has 1 N–H and O–H groups in total. The fourth-order valence-corrected chi connectivity index (χ4v) is 3.69. The zero-order chi connectivity index (χ0) is 15.1. The lowest BCUT2D eigenvalue weighted by atomic mass is 10.0. The summed E-state index contributed by atoms with van der Waals surface area (Å²) in [4.78, 5) is 9.20. The van der Waals surface area contributed by atoms with Crippen LogP contribution in [-0.2, 0) is 6.54 Å².